The Balaban J connectivity index is 2.99. The Morgan fingerprint density at radius 1 is 1.53 bits per heavy atom. The van der Waals surface area contributed by atoms with Gasteiger partial charge in [-0.25, -0.2) is 0 Å². The summed E-state index contributed by atoms with van der Waals surface area (Å²) >= 11 is 0. The molecule has 5 nitrogen and oxygen atoms in total. The van der Waals surface area contributed by atoms with Crippen LogP contribution in [0.1, 0.15) is 46.0 Å². The van der Waals surface area contributed by atoms with Crippen molar-refractivity contribution < 1.29 is 14.5 Å². The van der Waals surface area contributed by atoms with E-state index in [2.05, 4.69) is 0 Å². The smallest absolute Gasteiger partial charge is 0.216 e. The molecule has 1 rings (SSSR count). The highest BCUT2D eigenvalue weighted by Gasteiger charge is 2.48. The standard InChI is InChI=1S/C12H19NO4/c1-3-11(15)12(2,8-13(16)17)9-6-4-5-7-10(9)14/h9H,3-8H2,1-2H3. The second kappa shape index (κ2) is 5.38. The van der Waals surface area contributed by atoms with Gasteiger partial charge in [0.1, 0.15) is 17.0 Å². The van der Waals surface area contributed by atoms with Gasteiger partial charge in [0.05, 0.1) is 0 Å². The quantitative estimate of drug-likeness (QED) is 0.545. The zero-order chi connectivity index (χ0) is 13.1. The third kappa shape index (κ3) is 2.90. The molecule has 1 aliphatic rings. The van der Waals surface area contributed by atoms with Crippen LogP contribution < -0.4 is 0 Å². The molecule has 17 heavy (non-hydrogen) atoms. The molecule has 0 spiro atoms. The third-order valence-electron chi connectivity index (χ3n) is 3.74. The minimum Gasteiger partial charge on any atom is -0.299 e. The van der Waals surface area contributed by atoms with Crippen molar-refractivity contribution in [3.05, 3.63) is 10.1 Å². The molecule has 0 saturated heterocycles. The molecule has 5 heteroatoms. The van der Waals surface area contributed by atoms with E-state index in [0.29, 0.717) is 12.8 Å². The summed E-state index contributed by atoms with van der Waals surface area (Å²) < 4.78 is 0. The Kier molecular flexibility index (Phi) is 4.37. The summed E-state index contributed by atoms with van der Waals surface area (Å²) in [6.45, 7) is 2.83. The van der Waals surface area contributed by atoms with Crippen LogP contribution in [-0.4, -0.2) is 23.0 Å². The molecule has 2 unspecified atom stereocenters. The van der Waals surface area contributed by atoms with E-state index < -0.39 is 22.8 Å². The van der Waals surface area contributed by atoms with Crippen molar-refractivity contribution in [1.29, 1.82) is 0 Å². The summed E-state index contributed by atoms with van der Waals surface area (Å²) in [7, 11) is 0. The third-order valence-corrected chi connectivity index (χ3v) is 3.74. The summed E-state index contributed by atoms with van der Waals surface area (Å²) in [5, 5.41) is 10.7. The second-order valence-corrected chi connectivity index (χ2v) is 4.95. The van der Waals surface area contributed by atoms with Crippen LogP contribution in [0.4, 0.5) is 0 Å². The van der Waals surface area contributed by atoms with Gasteiger partial charge in [0.15, 0.2) is 0 Å². The number of hydrogen-bond acceptors (Lipinski definition) is 4. The van der Waals surface area contributed by atoms with Crippen molar-refractivity contribution in [2.75, 3.05) is 6.54 Å². The molecule has 0 amide bonds. The second-order valence-electron chi connectivity index (χ2n) is 4.95. The number of carbonyl (C=O) groups excluding carboxylic acids is 2. The van der Waals surface area contributed by atoms with E-state index >= 15 is 0 Å². The number of nitrogens with zero attached hydrogens (tertiary/aromatic N) is 1. The predicted octanol–water partition coefficient (Wildman–Crippen LogP) is 2.01. The fraction of sp³-hybridized carbons (Fsp3) is 0.833. The number of hydrogen-bond donors (Lipinski definition) is 0. The van der Waals surface area contributed by atoms with Gasteiger partial charge < -0.3 is 0 Å². The topological polar surface area (TPSA) is 77.3 Å². The van der Waals surface area contributed by atoms with Crippen LogP contribution in [0.25, 0.3) is 0 Å². The minimum atomic E-state index is -1.12. The molecular weight excluding hydrogens is 222 g/mol. The molecule has 0 N–H and O–H groups in total. The van der Waals surface area contributed by atoms with Gasteiger partial charge in [-0.1, -0.05) is 13.3 Å². The summed E-state index contributed by atoms with van der Waals surface area (Å²) in [4.78, 5) is 34.1. The lowest BCUT2D eigenvalue weighted by Gasteiger charge is -2.34. The number of ketones is 2. The molecule has 0 radical (unpaired) electrons. The Bertz CT molecular complexity index is 339. The average Bonchev–Trinajstić information content (AvgIpc) is 2.27. The number of Topliss-reactive ketones (excluding diaryl/α,β-unsaturated/α-hetero) is 2. The summed E-state index contributed by atoms with van der Waals surface area (Å²) in [5.74, 6) is -0.619. The minimum absolute atomic E-state index is 0.0161. The highest BCUT2D eigenvalue weighted by atomic mass is 16.6. The van der Waals surface area contributed by atoms with E-state index in [-0.39, 0.29) is 18.0 Å². The number of nitro groups is 1. The first kappa shape index (κ1) is 13.8. The first-order chi connectivity index (χ1) is 7.91. The van der Waals surface area contributed by atoms with E-state index in [1.807, 2.05) is 0 Å². The lowest BCUT2D eigenvalue weighted by atomic mass is 9.66. The van der Waals surface area contributed by atoms with Crippen LogP contribution in [0.3, 0.4) is 0 Å². The molecule has 1 fully saturated rings. The predicted molar refractivity (Wildman–Crippen MR) is 62.2 cm³/mol. The number of rotatable bonds is 5. The van der Waals surface area contributed by atoms with Crippen molar-refractivity contribution in [3.63, 3.8) is 0 Å². The lowest BCUT2D eigenvalue weighted by Crippen LogP contribution is -2.46. The maximum absolute atomic E-state index is 12.0. The van der Waals surface area contributed by atoms with Crippen molar-refractivity contribution in [1.82, 2.24) is 0 Å². The zero-order valence-electron chi connectivity index (χ0n) is 10.4. The molecule has 0 heterocycles. The van der Waals surface area contributed by atoms with Gasteiger partial charge in [-0.05, 0) is 19.8 Å². The van der Waals surface area contributed by atoms with Gasteiger partial charge in [-0.3, -0.25) is 19.7 Å². The van der Waals surface area contributed by atoms with Crippen molar-refractivity contribution in [2.24, 2.45) is 11.3 Å². The van der Waals surface area contributed by atoms with Crippen LogP contribution in [-0.2, 0) is 9.59 Å². The molecule has 1 aliphatic carbocycles. The Labute approximate surface area is 101 Å². The van der Waals surface area contributed by atoms with Crippen LogP contribution >= 0.6 is 0 Å². The molecular formula is C12H19NO4. The van der Waals surface area contributed by atoms with Gasteiger partial charge in [-0.2, -0.15) is 0 Å². The molecule has 0 aliphatic heterocycles. The summed E-state index contributed by atoms with van der Waals surface area (Å²) in [6.07, 6.45) is 3.02. The average molecular weight is 241 g/mol. The normalized spacial score (nSPS) is 24.1. The maximum Gasteiger partial charge on any atom is 0.216 e. The molecule has 96 valence electrons. The van der Waals surface area contributed by atoms with Gasteiger partial charge in [0, 0.05) is 23.7 Å². The summed E-state index contributed by atoms with van der Waals surface area (Å²) in [5.41, 5.74) is -1.12. The van der Waals surface area contributed by atoms with Crippen molar-refractivity contribution in [3.8, 4) is 0 Å². The van der Waals surface area contributed by atoms with Gasteiger partial charge in [0.25, 0.3) is 0 Å². The Morgan fingerprint density at radius 2 is 2.18 bits per heavy atom. The fourth-order valence-electron chi connectivity index (χ4n) is 2.72. The van der Waals surface area contributed by atoms with Gasteiger partial charge in [0.2, 0.25) is 6.54 Å². The Hall–Kier alpha value is -1.26. The largest absolute Gasteiger partial charge is 0.299 e. The first-order valence-electron chi connectivity index (χ1n) is 6.09. The Morgan fingerprint density at radius 3 is 2.65 bits per heavy atom. The highest BCUT2D eigenvalue weighted by molar-refractivity contribution is 5.92. The van der Waals surface area contributed by atoms with Crippen molar-refractivity contribution in [2.45, 2.75) is 46.0 Å². The van der Waals surface area contributed by atoms with E-state index in [9.17, 15) is 19.7 Å². The van der Waals surface area contributed by atoms with Crippen LogP contribution in [0.5, 0.6) is 0 Å². The van der Waals surface area contributed by atoms with E-state index in [4.69, 9.17) is 0 Å². The molecule has 0 aromatic rings. The fourth-order valence-corrected chi connectivity index (χ4v) is 2.72. The van der Waals surface area contributed by atoms with Crippen molar-refractivity contribution >= 4 is 11.6 Å². The van der Waals surface area contributed by atoms with E-state index in [1.165, 1.54) is 0 Å². The molecule has 0 aromatic heterocycles. The van der Waals surface area contributed by atoms with Crippen LogP contribution in [0.2, 0.25) is 0 Å². The highest BCUT2D eigenvalue weighted by Crippen LogP contribution is 2.38. The van der Waals surface area contributed by atoms with E-state index in [1.54, 1.807) is 13.8 Å². The maximum atomic E-state index is 12.0. The van der Waals surface area contributed by atoms with Gasteiger partial charge >= 0.3 is 0 Å². The van der Waals surface area contributed by atoms with Crippen LogP contribution in [0, 0.1) is 21.4 Å². The lowest BCUT2D eigenvalue weighted by molar-refractivity contribution is -0.494. The number of carbonyl (C=O) groups is 2. The zero-order valence-corrected chi connectivity index (χ0v) is 10.4. The molecule has 1 saturated carbocycles. The first-order valence-corrected chi connectivity index (χ1v) is 6.09. The van der Waals surface area contributed by atoms with E-state index in [0.717, 1.165) is 12.8 Å². The van der Waals surface area contributed by atoms with Gasteiger partial charge in [-0.15, -0.1) is 0 Å². The SMILES string of the molecule is CCC(=O)C(C)(C[N+](=O)[O-])C1CCCCC1=O. The monoisotopic (exact) mass is 241 g/mol. The molecule has 0 bridgehead atoms. The summed E-state index contributed by atoms with van der Waals surface area (Å²) in [6, 6.07) is 0. The molecule has 2 atom stereocenters. The molecule has 0 aromatic carbocycles. The van der Waals surface area contributed by atoms with Crippen LogP contribution in [0.15, 0.2) is 0 Å².